The van der Waals surface area contributed by atoms with Crippen molar-refractivity contribution in [1.82, 2.24) is 0 Å². The molecule has 2 nitrogen and oxygen atoms in total. The molecule has 9 heavy (non-hydrogen) atoms. The van der Waals surface area contributed by atoms with Gasteiger partial charge in [-0.25, -0.2) is 0 Å². The quantitative estimate of drug-likeness (QED) is 0.611. The van der Waals surface area contributed by atoms with E-state index in [2.05, 4.69) is 0 Å². The molecule has 1 N–H and O–H groups in total. The van der Waals surface area contributed by atoms with Crippen LogP contribution in [0.15, 0.2) is 0 Å². The molecule has 0 aromatic carbocycles. The Morgan fingerprint density at radius 3 is 2.11 bits per heavy atom. The van der Waals surface area contributed by atoms with E-state index in [1.807, 2.05) is 6.92 Å². The average molecular weight is 150 g/mol. The first-order chi connectivity index (χ1) is 3.68. The smallest absolute Gasteiger partial charge is 0.173 e. The molecule has 0 aromatic rings. The van der Waals surface area contributed by atoms with E-state index in [9.17, 15) is 4.79 Å². The van der Waals surface area contributed by atoms with E-state index < -0.39 is 0 Å². The molecular formula is C6H12ClNO. The Morgan fingerprint density at radius 1 is 1.56 bits per heavy atom. The highest BCUT2D eigenvalue weighted by molar-refractivity contribution is 6.37. The van der Waals surface area contributed by atoms with Crippen molar-refractivity contribution >= 4 is 23.9 Å². The van der Waals surface area contributed by atoms with Crippen LogP contribution in [-0.2, 0) is 4.79 Å². The molecule has 0 atom stereocenters. The van der Waals surface area contributed by atoms with E-state index in [-0.39, 0.29) is 23.9 Å². The number of Topliss-reactive ketones (excluding diaryl/α,β-unsaturated/α-hetero) is 1. The molecule has 0 fully saturated rings. The predicted octanol–water partition coefficient (Wildman–Crippen LogP) is 1.82. The summed E-state index contributed by atoms with van der Waals surface area (Å²) >= 11 is 0. The molecule has 0 aliphatic rings. The molecule has 0 aliphatic carbocycles. The lowest BCUT2D eigenvalue weighted by Crippen LogP contribution is -2.06. The van der Waals surface area contributed by atoms with Gasteiger partial charge in [0, 0.05) is 6.92 Å². The molecule has 0 spiro atoms. The Kier molecular flexibility index (Phi) is 7.32. The number of rotatable bonds is 3. The third-order valence-corrected chi connectivity index (χ3v) is 0.925. The van der Waals surface area contributed by atoms with Gasteiger partial charge >= 0.3 is 0 Å². The maximum absolute atomic E-state index is 10.3. The second kappa shape index (κ2) is 5.76. The van der Waals surface area contributed by atoms with Gasteiger partial charge in [0.05, 0.1) is 5.71 Å². The van der Waals surface area contributed by atoms with Crippen LogP contribution in [0.4, 0.5) is 0 Å². The Balaban J connectivity index is 0. The number of carbonyl (C=O) groups excluding carboxylic acids is 1. The summed E-state index contributed by atoms with van der Waals surface area (Å²) in [6.07, 6.45) is 1.51. The first-order valence-electron chi connectivity index (χ1n) is 2.76. The lowest BCUT2D eigenvalue weighted by atomic mass is 10.2. The lowest BCUT2D eigenvalue weighted by Gasteiger charge is -1.91. The first kappa shape index (κ1) is 11.4. The highest BCUT2D eigenvalue weighted by Gasteiger charge is 1.98. The van der Waals surface area contributed by atoms with Gasteiger partial charge in [-0.15, -0.1) is 12.4 Å². The van der Waals surface area contributed by atoms with Gasteiger partial charge < -0.3 is 5.41 Å². The number of hydrogen-bond donors (Lipinski definition) is 1. The van der Waals surface area contributed by atoms with E-state index in [0.29, 0.717) is 6.42 Å². The molecule has 0 bridgehead atoms. The molecule has 0 rings (SSSR count). The van der Waals surface area contributed by atoms with Gasteiger partial charge in [-0.1, -0.05) is 13.3 Å². The van der Waals surface area contributed by atoms with Gasteiger partial charge in [0.25, 0.3) is 0 Å². The topological polar surface area (TPSA) is 40.9 Å². The summed E-state index contributed by atoms with van der Waals surface area (Å²) in [7, 11) is 0. The van der Waals surface area contributed by atoms with Crippen LogP contribution in [0, 0.1) is 5.41 Å². The van der Waals surface area contributed by atoms with Gasteiger partial charge in [-0.2, -0.15) is 0 Å². The fraction of sp³-hybridized carbons (Fsp3) is 0.667. The maximum Gasteiger partial charge on any atom is 0.173 e. The maximum atomic E-state index is 10.3. The summed E-state index contributed by atoms with van der Waals surface area (Å²) in [5.74, 6) is -0.105. The van der Waals surface area contributed by atoms with Crippen molar-refractivity contribution in [2.45, 2.75) is 26.7 Å². The summed E-state index contributed by atoms with van der Waals surface area (Å²) in [4.78, 5) is 10.3. The van der Waals surface area contributed by atoms with Crippen molar-refractivity contribution in [3.63, 3.8) is 0 Å². The zero-order chi connectivity index (χ0) is 6.57. The Bertz CT molecular complexity index is 112. The minimum atomic E-state index is -0.105. The average Bonchev–Trinajstić information content (AvgIpc) is 1.67. The molecule has 0 amide bonds. The Hall–Kier alpha value is -0.370. The van der Waals surface area contributed by atoms with Crippen molar-refractivity contribution in [3.8, 4) is 0 Å². The summed E-state index contributed by atoms with van der Waals surface area (Å²) in [6, 6.07) is 0. The van der Waals surface area contributed by atoms with Crippen molar-refractivity contribution < 1.29 is 4.79 Å². The fourth-order valence-electron chi connectivity index (χ4n) is 0.426. The van der Waals surface area contributed by atoms with Crippen LogP contribution < -0.4 is 0 Å². The summed E-state index contributed by atoms with van der Waals surface area (Å²) in [5.41, 5.74) is 0.243. The molecule has 0 aliphatic heterocycles. The van der Waals surface area contributed by atoms with Crippen molar-refractivity contribution in [3.05, 3.63) is 0 Å². The van der Waals surface area contributed by atoms with Crippen LogP contribution in [0.5, 0.6) is 0 Å². The van der Waals surface area contributed by atoms with Crippen LogP contribution in [0.1, 0.15) is 26.7 Å². The van der Waals surface area contributed by atoms with E-state index in [1.165, 1.54) is 6.92 Å². The van der Waals surface area contributed by atoms with Crippen LogP contribution in [0.25, 0.3) is 0 Å². The fourth-order valence-corrected chi connectivity index (χ4v) is 0.426. The molecule has 0 heterocycles. The Morgan fingerprint density at radius 2 is 2.00 bits per heavy atom. The number of carbonyl (C=O) groups is 1. The standard InChI is InChI=1S/C6H11NO.ClH/c1-3-4-6(7)5(2)8;/h7H,3-4H2,1-2H3;1H. The third kappa shape index (κ3) is 5.50. The monoisotopic (exact) mass is 149 g/mol. The summed E-state index contributed by atoms with van der Waals surface area (Å²) in [5, 5.41) is 6.99. The number of ketones is 1. The number of halogens is 1. The lowest BCUT2D eigenvalue weighted by molar-refractivity contribution is -0.111. The first-order valence-corrected chi connectivity index (χ1v) is 2.76. The molecular weight excluding hydrogens is 138 g/mol. The Labute approximate surface area is 61.6 Å². The van der Waals surface area contributed by atoms with Crippen molar-refractivity contribution in [1.29, 1.82) is 5.41 Å². The van der Waals surface area contributed by atoms with Crippen molar-refractivity contribution in [2.75, 3.05) is 0 Å². The predicted molar refractivity (Wildman–Crippen MR) is 40.6 cm³/mol. The van der Waals surface area contributed by atoms with Crippen LogP contribution >= 0.6 is 12.4 Å². The molecule has 0 aromatic heterocycles. The normalized spacial score (nSPS) is 7.78. The highest BCUT2D eigenvalue weighted by atomic mass is 35.5. The van der Waals surface area contributed by atoms with Gasteiger partial charge in [0.1, 0.15) is 0 Å². The van der Waals surface area contributed by atoms with Gasteiger partial charge in [0.2, 0.25) is 0 Å². The number of nitrogens with one attached hydrogen (secondary N) is 1. The van der Waals surface area contributed by atoms with Crippen LogP contribution in [-0.4, -0.2) is 11.5 Å². The minimum Gasteiger partial charge on any atom is -0.302 e. The molecule has 54 valence electrons. The van der Waals surface area contributed by atoms with Gasteiger partial charge in [-0.3, -0.25) is 4.79 Å². The van der Waals surface area contributed by atoms with Crippen molar-refractivity contribution in [2.24, 2.45) is 0 Å². The molecule has 3 heteroatoms. The van der Waals surface area contributed by atoms with Gasteiger partial charge in [-0.05, 0) is 6.42 Å². The summed E-state index contributed by atoms with van der Waals surface area (Å²) < 4.78 is 0. The third-order valence-electron chi connectivity index (χ3n) is 0.925. The molecule has 0 unspecified atom stereocenters. The number of hydrogen-bond acceptors (Lipinski definition) is 2. The SMILES string of the molecule is CCCC(=N)C(C)=O.Cl. The largest absolute Gasteiger partial charge is 0.302 e. The van der Waals surface area contributed by atoms with Gasteiger partial charge in [0.15, 0.2) is 5.78 Å². The van der Waals surface area contributed by atoms with E-state index in [1.54, 1.807) is 0 Å². The molecule has 0 saturated heterocycles. The van der Waals surface area contributed by atoms with E-state index in [0.717, 1.165) is 6.42 Å². The molecule has 0 saturated carbocycles. The highest BCUT2D eigenvalue weighted by Crippen LogP contribution is 1.89. The van der Waals surface area contributed by atoms with E-state index in [4.69, 9.17) is 5.41 Å². The zero-order valence-electron chi connectivity index (χ0n) is 5.73. The van der Waals surface area contributed by atoms with E-state index >= 15 is 0 Å². The second-order valence-corrected chi connectivity index (χ2v) is 1.78. The molecule has 0 radical (unpaired) electrons. The van der Waals surface area contributed by atoms with Crippen LogP contribution in [0.3, 0.4) is 0 Å². The summed E-state index contributed by atoms with van der Waals surface area (Å²) in [6.45, 7) is 3.38. The minimum absolute atomic E-state index is 0. The zero-order valence-corrected chi connectivity index (χ0v) is 6.55. The second-order valence-electron chi connectivity index (χ2n) is 1.78. The van der Waals surface area contributed by atoms with Crippen LogP contribution in [0.2, 0.25) is 0 Å².